The molecule has 1 amide bonds. The Kier molecular flexibility index (Phi) is 11.5. The first-order chi connectivity index (χ1) is 20.3. The van der Waals surface area contributed by atoms with E-state index < -0.39 is 11.9 Å². The number of para-hydroxylation sites is 1. The first-order valence-electron chi connectivity index (χ1n) is 15.2. The maximum atomic E-state index is 13.8. The van der Waals surface area contributed by atoms with Crippen LogP contribution < -0.4 is 14.2 Å². The number of hydrogen-bond acceptors (Lipinski definition) is 7. The highest BCUT2D eigenvalue weighted by molar-refractivity contribution is 5.79. The molecule has 2 aromatic carbocycles. The molecule has 2 aromatic rings. The number of carboxylic acids is 1. The third-order valence-electron chi connectivity index (χ3n) is 8.52. The van der Waals surface area contributed by atoms with E-state index in [1.165, 1.54) is 0 Å². The molecule has 42 heavy (non-hydrogen) atoms. The van der Waals surface area contributed by atoms with Gasteiger partial charge in [-0.1, -0.05) is 37.6 Å². The smallest absolute Gasteiger partial charge is 0.308 e. The van der Waals surface area contributed by atoms with Crippen LogP contribution in [0.5, 0.6) is 17.2 Å². The van der Waals surface area contributed by atoms with Crippen LogP contribution in [0, 0.1) is 5.92 Å². The fourth-order valence-electron chi connectivity index (χ4n) is 6.26. The second kappa shape index (κ2) is 15.3. The number of nitrogens with zero attached hydrogens (tertiary/aromatic N) is 3. The predicted molar refractivity (Wildman–Crippen MR) is 162 cm³/mol. The molecule has 2 aliphatic rings. The van der Waals surface area contributed by atoms with E-state index in [0.29, 0.717) is 30.9 Å². The summed E-state index contributed by atoms with van der Waals surface area (Å²) < 4.78 is 16.7. The maximum Gasteiger partial charge on any atom is 0.308 e. The van der Waals surface area contributed by atoms with Gasteiger partial charge in [0.05, 0.1) is 19.6 Å². The standard InChI is InChI=1S/C33H47N3O6/c1-5-6-18-35(19-10-9-17-34(2)3)31(37)22-36-21-26(25-14-16-29-30(20-25)42-23-41-29)32(33(38)39)27(36)15-13-24-11-7-8-12-28(24)40-4/h7-8,11-12,14,16,20,26-27,32H,5-6,9-10,13,15,17-19,21-23H2,1-4H3,(H,38,39). The summed E-state index contributed by atoms with van der Waals surface area (Å²) in [5.41, 5.74) is 1.93. The van der Waals surface area contributed by atoms with Gasteiger partial charge in [-0.2, -0.15) is 0 Å². The fraction of sp³-hybridized carbons (Fsp3) is 0.576. The molecule has 1 fully saturated rings. The van der Waals surface area contributed by atoms with Gasteiger partial charge < -0.3 is 29.1 Å². The first-order valence-corrected chi connectivity index (χ1v) is 15.2. The Morgan fingerprint density at radius 2 is 1.76 bits per heavy atom. The van der Waals surface area contributed by atoms with Crippen LogP contribution in [-0.2, 0) is 16.0 Å². The number of amides is 1. The van der Waals surface area contributed by atoms with Gasteiger partial charge in [-0.15, -0.1) is 0 Å². The summed E-state index contributed by atoms with van der Waals surface area (Å²) in [7, 11) is 5.78. The van der Waals surface area contributed by atoms with Crippen molar-refractivity contribution in [1.82, 2.24) is 14.7 Å². The van der Waals surface area contributed by atoms with Gasteiger partial charge in [0.1, 0.15) is 5.75 Å². The fourth-order valence-corrected chi connectivity index (χ4v) is 6.26. The van der Waals surface area contributed by atoms with Gasteiger partial charge in [-0.05, 0) is 82.1 Å². The lowest BCUT2D eigenvalue weighted by molar-refractivity contribution is -0.143. The van der Waals surface area contributed by atoms with E-state index in [0.717, 1.165) is 62.2 Å². The molecule has 0 aliphatic carbocycles. The van der Waals surface area contributed by atoms with Gasteiger partial charge in [-0.25, -0.2) is 0 Å². The molecule has 0 spiro atoms. The summed E-state index contributed by atoms with van der Waals surface area (Å²) in [6, 6.07) is 13.2. The summed E-state index contributed by atoms with van der Waals surface area (Å²) in [5.74, 6) is 0.383. The van der Waals surface area contributed by atoms with E-state index in [9.17, 15) is 14.7 Å². The Morgan fingerprint density at radius 1 is 1.02 bits per heavy atom. The Balaban J connectivity index is 1.57. The Labute approximate surface area is 250 Å². The molecule has 0 bridgehead atoms. The van der Waals surface area contributed by atoms with E-state index >= 15 is 0 Å². The largest absolute Gasteiger partial charge is 0.496 e. The van der Waals surface area contributed by atoms with Crippen LogP contribution in [0.4, 0.5) is 0 Å². The zero-order chi connectivity index (χ0) is 30.1. The second-order valence-corrected chi connectivity index (χ2v) is 11.7. The topological polar surface area (TPSA) is 91.8 Å². The molecule has 2 heterocycles. The van der Waals surface area contributed by atoms with Crippen molar-refractivity contribution in [3.8, 4) is 17.2 Å². The Hall–Kier alpha value is -3.30. The lowest BCUT2D eigenvalue weighted by Crippen LogP contribution is -2.45. The second-order valence-electron chi connectivity index (χ2n) is 11.7. The summed E-state index contributed by atoms with van der Waals surface area (Å²) in [4.78, 5) is 33.0. The number of aliphatic carboxylic acids is 1. The molecular weight excluding hydrogens is 534 g/mol. The van der Waals surface area contributed by atoms with E-state index in [2.05, 4.69) is 30.8 Å². The van der Waals surface area contributed by atoms with Gasteiger partial charge in [0.2, 0.25) is 12.7 Å². The van der Waals surface area contributed by atoms with Crippen molar-refractivity contribution in [2.45, 2.75) is 57.4 Å². The lowest BCUT2D eigenvalue weighted by Gasteiger charge is -2.30. The number of hydrogen-bond donors (Lipinski definition) is 1. The van der Waals surface area contributed by atoms with Crippen molar-refractivity contribution in [1.29, 1.82) is 0 Å². The predicted octanol–water partition coefficient (Wildman–Crippen LogP) is 4.50. The van der Waals surface area contributed by atoms with Crippen LogP contribution in [0.2, 0.25) is 0 Å². The van der Waals surface area contributed by atoms with Crippen molar-refractivity contribution < 1.29 is 28.9 Å². The number of carbonyl (C=O) groups is 2. The number of carbonyl (C=O) groups excluding carboxylic acids is 1. The van der Waals surface area contributed by atoms with Crippen LogP contribution in [0.1, 0.15) is 56.1 Å². The number of fused-ring (bicyclic) bond motifs is 1. The molecule has 2 aliphatic heterocycles. The molecule has 1 saturated heterocycles. The highest BCUT2D eigenvalue weighted by Crippen LogP contribution is 2.43. The van der Waals surface area contributed by atoms with Crippen molar-refractivity contribution in [2.24, 2.45) is 5.92 Å². The van der Waals surface area contributed by atoms with Gasteiger partial charge in [0.15, 0.2) is 11.5 Å². The highest BCUT2D eigenvalue weighted by atomic mass is 16.7. The maximum absolute atomic E-state index is 13.8. The number of methoxy groups -OCH3 is 1. The quantitative estimate of drug-likeness (QED) is 0.290. The lowest BCUT2D eigenvalue weighted by atomic mass is 9.83. The molecule has 9 heteroatoms. The van der Waals surface area contributed by atoms with Gasteiger partial charge in [0.25, 0.3) is 0 Å². The number of aryl methyl sites for hydroxylation is 1. The minimum Gasteiger partial charge on any atom is -0.496 e. The minimum atomic E-state index is -0.843. The van der Waals surface area contributed by atoms with Crippen LogP contribution in [0.15, 0.2) is 42.5 Å². The average Bonchev–Trinajstić information content (AvgIpc) is 3.59. The summed E-state index contributed by atoms with van der Waals surface area (Å²) in [6.45, 7) is 5.43. The molecule has 0 aromatic heterocycles. The molecule has 0 radical (unpaired) electrons. The van der Waals surface area contributed by atoms with Crippen molar-refractivity contribution >= 4 is 11.9 Å². The SMILES string of the molecule is CCCCN(CCCCN(C)C)C(=O)CN1CC(c2ccc3c(c2)OCO3)C(C(=O)O)C1CCc1ccccc1OC. The average molecular weight is 582 g/mol. The van der Waals surface area contributed by atoms with E-state index in [1.807, 2.05) is 47.4 Å². The minimum absolute atomic E-state index is 0.0751. The first kappa shape index (κ1) is 31.6. The Morgan fingerprint density at radius 3 is 2.50 bits per heavy atom. The number of likely N-dealkylation sites (tertiary alicyclic amines) is 1. The molecule has 1 N–H and O–H groups in total. The van der Waals surface area contributed by atoms with Crippen LogP contribution >= 0.6 is 0 Å². The number of rotatable bonds is 16. The molecule has 9 nitrogen and oxygen atoms in total. The van der Waals surface area contributed by atoms with Gasteiger partial charge in [-0.3, -0.25) is 14.5 Å². The normalized spacial score (nSPS) is 19.8. The summed E-state index contributed by atoms with van der Waals surface area (Å²) in [6.07, 6.45) is 5.20. The van der Waals surface area contributed by atoms with Gasteiger partial charge >= 0.3 is 5.97 Å². The number of unbranched alkanes of at least 4 members (excludes halogenated alkanes) is 2. The molecule has 3 unspecified atom stereocenters. The summed E-state index contributed by atoms with van der Waals surface area (Å²) in [5, 5.41) is 10.6. The van der Waals surface area contributed by atoms with Crippen LogP contribution in [0.25, 0.3) is 0 Å². The van der Waals surface area contributed by atoms with Crippen molar-refractivity contribution in [2.75, 3.05) is 60.7 Å². The number of carboxylic acid groups (broad SMARTS) is 1. The highest BCUT2D eigenvalue weighted by Gasteiger charge is 2.47. The molecular formula is C33H47N3O6. The van der Waals surface area contributed by atoms with Crippen LogP contribution in [0.3, 0.4) is 0 Å². The molecule has 4 rings (SSSR count). The van der Waals surface area contributed by atoms with E-state index in [1.54, 1.807) is 7.11 Å². The molecule has 0 saturated carbocycles. The number of benzene rings is 2. The molecule has 230 valence electrons. The van der Waals surface area contributed by atoms with E-state index in [4.69, 9.17) is 14.2 Å². The zero-order valence-corrected chi connectivity index (χ0v) is 25.6. The van der Waals surface area contributed by atoms with Crippen molar-refractivity contribution in [3.63, 3.8) is 0 Å². The van der Waals surface area contributed by atoms with Crippen molar-refractivity contribution in [3.05, 3.63) is 53.6 Å². The third kappa shape index (κ3) is 7.95. The molecule has 3 atom stereocenters. The van der Waals surface area contributed by atoms with Gasteiger partial charge in [0, 0.05) is 31.6 Å². The third-order valence-corrected chi connectivity index (χ3v) is 8.52. The number of ether oxygens (including phenoxy) is 3. The Bertz CT molecular complexity index is 1190. The van der Waals surface area contributed by atoms with E-state index in [-0.39, 0.29) is 31.2 Å². The van der Waals surface area contributed by atoms with Crippen LogP contribution in [-0.4, -0.2) is 98.4 Å². The summed E-state index contributed by atoms with van der Waals surface area (Å²) >= 11 is 0. The zero-order valence-electron chi connectivity index (χ0n) is 25.6. The monoisotopic (exact) mass is 581 g/mol.